The van der Waals surface area contributed by atoms with E-state index in [-0.39, 0.29) is 48.0 Å². The van der Waals surface area contributed by atoms with Crippen molar-refractivity contribution < 1.29 is 28.5 Å². The van der Waals surface area contributed by atoms with Gasteiger partial charge in [0.05, 0.1) is 25.2 Å². The summed E-state index contributed by atoms with van der Waals surface area (Å²) in [4.78, 5) is 26.1. The third-order valence-corrected chi connectivity index (χ3v) is 6.45. The third-order valence-electron chi connectivity index (χ3n) is 5.72. The zero-order valence-corrected chi connectivity index (χ0v) is 23.4. The van der Waals surface area contributed by atoms with Gasteiger partial charge >= 0.3 is 11.9 Å². The minimum atomic E-state index is -0.588. The topological polar surface area (TPSA) is 71.1 Å². The summed E-state index contributed by atoms with van der Waals surface area (Å²) in [6.07, 6.45) is 1.03. The molecule has 0 amide bonds. The molecule has 0 aromatic heterocycles. The Kier molecular flexibility index (Phi) is 9.25. The highest BCUT2D eigenvalue weighted by atomic mass is 79.9. The number of fused-ring (bicyclic) bond motifs is 1. The molecule has 0 aliphatic rings. The molecular formula is C28H30BrClO6. The zero-order valence-electron chi connectivity index (χ0n) is 21.1. The van der Waals surface area contributed by atoms with Crippen LogP contribution in [0.3, 0.4) is 0 Å². The first-order chi connectivity index (χ1) is 17.1. The van der Waals surface area contributed by atoms with Gasteiger partial charge in [0.25, 0.3) is 0 Å². The zero-order chi connectivity index (χ0) is 26.5. The summed E-state index contributed by atoms with van der Waals surface area (Å²) >= 11 is 9.71. The van der Waals surface area contributed by atoms with Gasteiger partial charge in [-0.05, 0) is 55.7 Å². The Morgan fingerprint density at radius 3 is 2.08 bits per heavy atom. The van der Waals surface area contributed by atoms with E-state index in [1.165, 1.54) is 0 Å². The number of benzene rings is 3. The van der Waals surface area contributed by atoms with E-state index in [1.807, 2.05) is 26.8 Å². The van der Waals surface area contributed by atoms with Gasteiger partial charge in [-0.3, -0.25) is 4.79 Å². The van der Waals surface area contributed by atoms with Crippen LogP contribution < -0.4 is 18.9 Å². The monoisotopic (exact) mass is 576 g/mol. The summed E-state index contributed by atoms with van der Waals surface area (Å²) in [5.41, 5.74) is 0.113. The number of esters is 2. The van der Waals surface area contributed by atoms with Gasteiger partial charge < -0.3 is 18.9 Å². The van der Waals surface area contributed by atoms with Crippen molar-refractivity contribution in [3.63, 3.8) is 0 Å². The Hall–Kier alpha value is -2.77. The van der Waals surface area contributed by atoms with Crippen LogP contribution >= 0.6 is 27.5 Å². The van der Waals surface area contributed by atoms with Crippen LogP contribution in [0, 0.1) is 5.41 Å². The largest absolute Gasteiger partial charge is 0.487 e. The lowest BCUT2D eigenvalue weighted by Gasteiger charge is -2.23. The molecule has 0 spiro atoms. The smallest absolute Gasteiger partial charge is 0.343 e. The molecule has 0 saturated carbocycles. The highest BCUT2D eigenvalue weighted by Crippen LogP contribution is 2.52. The van der Waals surface area contributed by atoms with Crippen LogP contribution in [0.2, 0.25) is 5.02 Å². The van der Waals surface area contributed by atoms with Crippen molar-refractivity contribution >= 4 is 50.2 Å². The van der Waals surface area contributed by atoms with E-state index in [1.54, 1.807) is 50.2 Å². The molecule has 0 heterocycles. The lowest BCUT2D eigenvalue weighted by Crippen LogP contribution is -2.20. The van der Waals surface area contributed by atoms with Gasteiger partial charge in [0.15, 0.2) is 11.5 Å². The van der Waals surface area contributed by atoms with Crippen LogP contribution in [0.25, 0.3) is 10.8 Å². The van der Waals surface area contributed by atoms with Crippen molar-refractivity contribution in [3.05, 3.63) is 57.5 Å². The number of ether oxygens (including phenoxy) is 4. The quantitative estimate of drug-likeness (QED) is 0.180. The van der Waals surface area contributed by atoms with Crippen molar-refractivity contribution in [1.82, 2.24) is 0 Å². The normalized spacial score (nSPS) is 11.3. The van der Waals surface area contributed by atoms with Gasteiger partial charge in [-0.15, -0.1) is 0 Å². The van der Waals surface area contributed by atoms with Gasteiger partial charge in [-0.2, -0.15) is 0 Å². The van der Waals surface area contributed by atoms with E-state index in [0.29, 0.717) is 21.4 Å². The predicted molar refractivity (Wildman–Crippen MR) is 145 cm³/mol. The van der Waals surface area contributed by atoms with Gasteiger partial charge in [0.1, 0.15) is 0 Å². The number of hydrogen-bond donors (Lipinski definition) is 0. The van der Waals surface area contributed by atoms with Gasteiger partial charge in [-0.25, -0.2) is 4.79 Å². The first kappa shape index (κ1) is 27.8. The van der Waals surface area contributed by atoms with E-state index < -0.39 is 11.9 Å². The fourth-order valence-corrected chi connectivity index (χ4v) is 4.11. The number of carbonyl (C=O) groups is 2. The second-order valence-electron chi connectivity index (χ2n) is 8.94. The maximum atomic E-state index is 13.1. The number of carbonyl (C=O) groups excluding carboxylic acids is 2. The summed E-state index contributed by atoms with van der Waals surface area (Å²) in [6, 6.07) is 11.9. The standard InChI is InChI=1S/C28H30BrClO6/c1-6-28(4,5)16-22(31)35-23-20-13-12-19(30)15-21(20)24(26(34-8-3)25(23)33-7-2)36-27(32)17-10-9-11-18(29)14-17/h9-15H,6-8,16H2,1-5H3. The molecule has 36 heavy (non-hydrogen) atoms. The lowest BCUT2D eigenvalue weighted by atomic mass is 9.87. The van der Waals surface area contributed by atoms with Crippen LogP contribution in [0.4, 0.5) is 0 Å². The molecule has 0 bridgehead atoms. The molecule has 3 rings (SSSR count). The van der Waals surface area contributed by atoms with Crippen LogP contribution in [0.15, 0.2) is 46.9 Å². The first-order valence-corrected chi connectivity index (χ1v) is 13.0. The molecule has 0 radical (unpaired) electrons. The Bertz CT molecular complexity index is 1270. The van der Waals surface area contributed by atoms with E-state index in [4.69, 9.17) is 30.5 Å². The molecule has 192 valence electrons. The van der Waals surface area contributed by atoms with Gasteiger partial charge in [-0.1, -0.05) is 60.8 Å². The van der Waals surface area contributed by atoms with Crippen molar-refractivity contribution in [3.8, 4) is 23.0 Å². The average Bonchev–Trinajstić information content (AvgIpc) is 2.83. The van der Waals surface area contributed by atoms with E-state index in [9.17, 15) is 9.59 Å². The average molecular weight is 578 g/mol. The maximum Gasteiger partial charge on any atom is 0.343 e. The van der Waals surface area contributed by atoms with Crippen LogP contribution in [-0.2, 0) is 4.79 Å². The molecule has 0 aliphatic heterocycles. The van der Waals surface area contributed by atoms with Crippen LogP contribution in [0.5, 0.6) is 23.0 Å². The fourth-order valence-electron chi connectivity index (χ4n) is 3.54. The second kappa shape index (κ2) is 12.0. The van der Waals surface area contributed by atoms with E-state index >= 15 is 0 Å². The molecule has 8 heteroatoms. The molecule has 0 unspecified atom stereocenters. The van der Waals surface area contributed by atoms with Crippen molar-refractivity contribution in [2.24, 2.45) is 5.41 Å². The summed E-state index contributed by atoms with van der Waals surface area (Å²) < 4.78 is 24.4. The SMILES string of the molecule is CCOc1c(OCC)c(OC(=O)c2cccc(Br)c2)c2cc(Cl)ccc2c1OC(=O)CC(C)(C)CC. The molecule has 3 aromatic carbocycles. The summed E-state index contributed by atoms with van der Waals surface area (Å²) in [6.45, 7) is 10.2. The second-order valence-corrected chi connectivity index (χ2v) is 10.3. The highest BCUT2D eigenvalue weighted by molar-refractivity contribution is 9.10. The highest BCUT2D eigenvalue weighted by Gasteiger charge is 2.29. The molecule has 3 aromatic rings. The lowest BCUT2D eigenvalue weighted by molar-refractivity contribution is -0.136. The third kappa shape index (κ3) is 6.51. The maximum absolute atomic E-state index is 13.1. The minimum absolute atomic E-state index is 0.136. The van der Waals surface area contributed by atoms with Crippen LogP contribution in [0.1, 0.15) is 57.8 Å². The number of rotatable bonds is 10. The Balaban J connectivity index is 2.22. The summed E-state index contributed by atoms with van der Waals surface area (Å²) in [7, 11) is 0. The number of halogens is 2. The Morgan fingerprint density at radius 2 is 1.50 bits per heavy atom. The predicted octanol–water partition coefficient (Wildman–Crippen LogP) is 8.00. The molecular weight excluding hydrogens is 548 g/mol. The summed E-state index contributed by atoms with van der Waals surface area (Å²) in [5.74, 6) is -0.303. The first-order valence-electron chi connectivity index (χ1n) is 11.8. The molecule has 0 aliphatic carbocycles. The van der Waals surface area contributed by atoms with Crippen molar-refractivity contribution in [2.75, 3.05) is 13.2 Å². The summed E-state index contributed by atoms with van der Waals surface area (Å²) in [5, 5.41) is 1.37. The Morgan fingerprint density at radius 1 is 0.861 bits per heavy atom. The fraction of sp³-hybridized carbons (Fsp3) is 0.357. The van der Waals surface area contributed by atoms with E-state index in [2.05, 4.69) is 15.9 Å². The van der Waals surface area contributed by atoms with Gasteiger partial charge in [0.2, 0.25) is 11.5 Å². The molecule has 0 fully saturated rings. The molecule has 6 nitrogen and oxygen atoms in total. The van der Waals surface area contributed by atoms with Crippen LogP contribution in [-0.4, -0.2) is 25.2 Å². The molecule has 0 saturated heterocycles. The molecule has 0 N–H and O–H groups in total. The van der Waals surface area contributed by atoms with Gasteiger partial charge in [0, 0.05) is 20.3 Å². The minimum Gasteiger partial charge on any atom is -0.487 e. The van der Waals surface area contributed by atoms with Crippen molar-refractivity contribution in [2.45, 2.75) is 47.5 Å². The van der Waals surface area contributed by atoms with E-state index in [0.717, 1.165) is 10.9 Å². The van der Waals surface area contributed by atoms with Crippen molar-refractivity contribution in [1.29, 1.82) is 0 Å². The number of hydrogen-bond acceptors (Lipinski definition) is 6. The Labute approximate surface area is 224 Å². The molecule has 0 atom stereocenters.